The molecule has 0 aliphatic carbocycles. The van der Waals surface area contributed by atoms with Crippen LogP contribution >= 0.6 is 11.6 Å². The Labute approximate surface area is 93.9 Å². The summed E-state index contributed by atoms with van der Waals surface area (Å²) in [5.41, 5.74) is 5.86. The summed E-state index contributed by atoms with van der Waals surface area (Å²) in [6.07, 6.45) is 2.14. The molecule has 0 radical (unpaired) electrons. The van der Waals surface area contributed by atoms with Crippen LogP contribution in [0.2, 0.25) is 5.02 Å². The second-order valence-electron chi connectivity index (χ2n) is 3.42. The van der Waals surface area contributed by atoms with Crippen molar-refractivity contribution in [1.82, 2.24) is 0 Å². The number of unbranched alkanes of at least 4 members (excludes halogenated alkanes) is 1. The Hall–Kier alpha value is -1.22. The lowest BCUT2D eigenvalue weighted by Crippen LogP contribution is -2.01. The van der Waals surface area contributed by atoms with E-state index in [1.54, 1.807) is 0 Å². The Morgan fingerprint density at radius 2 is 2.20 bits per heavy atom. The van der Waals surface area contributed by atoms with Crippen LogP contribution in [0.4, 0.5) is 5.69 Å². The van der Waals surface area contributed by atoms with Crippen molar-refractivity contribution in [2.75, 3.05) is 5.73 Å². The summed E-state index contributed by atoms with van der Waals surface area (Å²) in [5.74, 6) is -0.288. The molecule has 0 aliphatic rings. The molecule has 1 rings (SSSR count). The molecule has 0 atom stereocenters. The van der Waals surface area contributed by atoms with Crippen LogP contribution in [-0.4, -0.2) is 10.9 Å². The molecule has 0 heterocycles. The summed E-state index contributed by atoms with van der Waals surface area (Å²) in [6.45, 7) is 2.00. The third-order valence-electron chi connectivity index (χ3n) is 2.16. The molecule has 0 unspecified atom stereocenters. The number of carbonyl (C=O) groups excluding carboxylic acids is 1. The van der Waals surface area contributed by atoms with Gasteiger partial charge in [0.2, 0.25) is 0 Å². The van der Waals surface area contributed by atoms with Crippen molar-refractivity contribution < 1.29 is 9.90 Å². The molecule has 0 aromatic heterocycles. The fraction of sp³-hybridized carbons (Fsp3) is 0.364. The minimum atomic E-state index is -0.166. The summed E-state index contributed by atoms with van der Waals surface area (Å²) in [4.78, 5) is 11.7. The molecule has 1 aromatic rings. The molecule has 4 heteroatoms. The number of phenolic OH excluding ortho intramolecular Hbond substituents is 1. The molecule has 0 saturated heterocycles. The number of hydrogen-bond donors (Lipinski definition) is 2. The highest BCUT2D eigenvalue weighted by molar-refractivity contribution is 6.31. The first kappa shape index (κ1) is 11.9. The quantitative estimate of drug-likeness (QED) is 0.472. The molecular formula is C11H14ClNO2. The molecule has 0 fully saturated rings. The van der Waals surface area contributed by atoms with Crippen LogP contribution in [0, 0.1) is 0 Å². The van der Waals surface area contributed by atoms with E-state index in [-0.39, 0.29) is 22.8 Å². The largest absolute Gasteiger partial charge is 0.505 e. The molecule has 15 heavy (non-hydrogen) atoms. The minimum Gasteiger partial charge on any atom is -0.505 e. The Bertz CT molecular complexity index is 377. The summed E-state index contributed by atoms with van der Waals surface area (Å²) < 4.78 is 0. The normalized spacial score (nSPS) is 10.3. The number of hydrogen-bond acceptors (Lipinski definition) is 3. The van der Waals surface area contributed by atoms with Crippen molar-refractivity contribution in [3.63, 3.8) is 0 Å². The lowest BCUT2D eigenvalue weighted by molar-refractivity contribution is 0.0977. The number of benzene rings is 1. The van der Waals surface area contributed by atoms with Crippen LogP contribution in [0.25, 0.3) is 0 Å². The molecule has 82 valence electrons. The van der Waals surface area contributed by atoms with E-state index in [0.717, 1.165) is 12.8 Å². The van der Waals surface area contributed by atoms with E-state index in [9.17, 15) is 9.90 Å². The zero-order chi connectivity index (χ0) is 11.4. The van der Waals surface area contributed by atoms with Gasteiger partial charge < -0.3 is 10.8 Å². The van der Waals surface area contributed by atoms with Crippen molar-refractivity contribution in [1.29, 1.82) is 0 Å². The second kappa shape index (κ2) is 5.03. The highest BCUT2D eigenvalue weighted by Gasteiger charge is 2.13. The number of anilines is 1. The standard InChI is InChI=1S/C11H14ClNO2/c1-2-3-4-10(14)8-5-7(12)6-9(13)11(8)15/h5-6,15H,2-4,13H2,1H3. The predicted molar refractivity (Wildman–Crippen MR) is 61.4 cm³/mol. The van der Waals surface area contributed by atoms with Crippen LogP contribution in [-0.2, 0) is 0 Å². The van der Waals surface area contributed by atoms with Crippen molar-refractivity contribution in [3.05, 3.63) is 22.7 Å². The first-order valence-corrected chi connectivity index (χ1v) is 5.25. The average Bonchev–Trinajstić information content (AvgIpc) is 2.19. The smallest absolute Gasteiger partial charge is 0.166 e. The van der Waals surface area contributed by atoms with Crippen molar-refractivity contribution in [2.24, 2.45) is 0 Å². The van der Waals surface area contributed by atoms with E-state index in [1.165, 1.54) is 12.1 Å². The maximum atomic E-state index is 11.7. The highest BCUT2D eigenvalue weighted by atomic mass is 35.5. The SMILES string of the molecule is CCCCC(=O)c1cc(Cl)cc(N)c1O. The van der Waals surface area contributed by atoms with Crippen LogP contribution in [0.3, 0.4) is 0 Å². The van der Waals surface area contributed by atoms with Gasteiger partial charge in [0.15, 0.2) is 5.78 Å². The number of nitrogen functional groups attached to an aromatic ring is 1. The van der Waals surface area contributed by atoms with Gasteiger partial charge in [-0.2, -0.15) is 0 Å². The maximum Gasteiger partial charge on any atom is 0.166 e. The van der Waals surface area contributed by atoms with Crippen molar-refractivity contribution in [3.8, 4) is 5.75 Å². The molecule has 0 aliphatic heterocycles. The number of carbonyl (C=O) groups is 1. The predicted octanol–water partition coefficient (Wildman–Crippen LogP) is 3.00. The van der Waals surface area contributed by atoms with Gasteiger partial charge in [0.1, 0.15) is 5.75 Å². The molecule has 1 aromatic carbocycles. The topological polar surface area (TPSA) is 63.3 Å². The number of phenols is 1. The number of aromatic hydroxyl groups is 1. The third-order valence-corrected chi connectivity index (χ3v) is 2.38. The van der Waals surface area contributed by atoms with E-state index in [0.29, 0.717) is 11.4 Å². The lowest BCUT2D eigenvalue weighted by Gasteiger charge is -2.06. The first-order chi connectivity index (χ1) is 7.06. The van der Waals surface area contributed by atoms with Gasteiger partial charge >= 0.3 is 0 Å². The zero-order valence-electron chi connectivity index (χ0n) is 8.59. The van der Waals surface area contributed by atoms with E-state index in [2.05, 4.69) is 0 Å². The van der Waals surface area contributed by atoms with Gasteiger partial charge in [0, 0.05) is 11.4 Å². The zero-order valence-corrected chi connectivity index (χ0v) is 9.34. The molecule has 3 N–H and O–H groups in total. The van der Waals surface area contributed by atoms with Crippen molar-refractivity contribution >= 4 is 23.1 Å². The Kier molecular flexibility index (Phi) is 3.97. The van der Waals surface area contributed by atoms with Crippen LogP contribution in [0.1, 0.15) is 36.5 Å². The van der Waals surface area contributed by atoms with Gasteiger partial charge in [0.25, 0.3) is 0 Å². The summed E-state index contributed by atoms with van der Waals surface area (Å²) >= 11 is 5.76. The molecular weight excluding hydrogens is 214 g/mol. The number of halogens is 1. The van der Waals surface area contributed by atoms with Crippen LogP contribution in [0.15, 0.2) is 12.1 Å². The van der Waals surface area contributed by atoms with E-state index < -0.39 is 0 Å². The molecule has 3 nitrogen and oxygen atoms in total. The molecule has 0 spiro atoms. The van der Waals surface area contributed by atoms with E-state index in [1.807, 2.05) is 6.92 Å². The van der Waals surface area contributed by atoms with Gasteiger partial charge in [-0.1, -0.05) is 24.9 Å². The summed E-state index contributed by atoms with van der Waals surface area (Å²) in [6, 6.07) is 2.87. The Morgan fingerprint density at radius 1 is 1.53 bits per heavy atom. The van der Waals surface area contributed by atoms with Gasteiger partial charge in [-0.25, -0.2) is 0 Å². The third kappa shape index (κ3) is 2.86. The summed E-state index contributed by atoms with van der Waals surface area (Å²) in [7, 11) is 0. The highest BCUT2D eigenvalue weighted by Crippen LogP contribution is 2.30. The van der Waals surface area contributed by atoms with E-state index >= 15 is 0 Å². The van der Waals surface area contributed by atoms with Gasteiger partial charge in [0.05, 0.1) is 11.3 Å². The maximum absolute atomic E-state index is 11.7. The van der Waals surface area contributed by atoms with Gasteiger partial charge in [-0.3, -0.25) is 4.79 Å². The fourth-order valence-corrected chi connectivity index (χ4v) is 1.53. The molecule has 0 amide bonds. The first-order valence-electron chi connectivity index (χ1n) is 4.87. The second-order valence-corrected chi connectivity index (χ2v) is 3.85. The monoisotopic (exact) mass is 227 g/mol. The number of rotatable bonds is 4. The number of Topliss-reactive ketones (excluding diaryl/α,β-unsaturated/α-hetero) is 1. The van der Waals surface area contributed by atoms with Crippen LogP contribution < -0.4 is 5.73 Å². The van der Waals surface area contributed by atoms with Gasteiger partial charge in [-0.15, -0.1) is 0 Å². The number of nitrogens with two attached hydrogens (primary N) is 1. The lowest BCUT2D eigenvalue weighted by atomic mass is 10.0. The molecule has 0 saturated carbocycles. The fourth-order valence-electron chi connectivity index (χ4n) is 1.30. The number of ketones is 1. The van der Waals surface area contributed by atoms with Crippen LogP contribution in [0.5, 0.6) is 5.75 Å². The average molecular weight is 228 g/mol. The Morgan fingerprint density at radius 3 is 2.80 bits per heavy atom. The summed E-state index contributed by atoms with van der Waals surface area (Å²) in [5, 5.41) is 9.95. The van der Waals surface area contributed by atoms with Gasteiger partial charge in [-0.05, 0) is 18.6 Å². The molecule has 0 bridgehead atoms. The van der Waals surface area contributed by atoms with Crippen molar-refractivity contribution in [2.45, 2.75) is 26.2 Å². The minimum absolute atomic E-state index is 0.122. The Balaban J connectivity index is 2.98. The van der Waals surface area contributed by atoms with E-state index in [4.69, 9.17) is 17.3 Å².